The lowest BCUT2D eigenvalue weighted by molar-refractivity contribution is 0.103. The Morgan fingerprint density at radius 1 is 1.07 bits per heavy atom. The third-order valence-corrected chi connectivity index (χ3v) is 6.70. The van der Waals surface area contributed by atoms with Gasteiger partial charge < -0.3 is 14.7 Å². The second kappa shape index (κ2) is 8.36. The molecular formula is C18H18ClN3O6S. The molecule has 9 nitrogen and oxygen atoms in total. The van der Waals surface area contributed by atoms with Gasteiger partial charge in [0.1, 0.15) is 10.7 Å². The van der Waals surface area contributed by atoms with E-state index >= 15 is 0 Å². The van der Waals surface area contributed by atoms with Gasteiger partial charge in [-0.2, -0.15) is 4.31 Å². The number of carbonyl (C=O) groups is 2. The quantitative estimate of drug-likeness (QED) is 0.707. The van der Waals surface area contributed by atoms with Crippen molar-refractivity contribution in [1.82, 2.24) is 14.2 Å². The number of hydrogen-bond donors (Lipinski definition) is 1. The van der Waals surface area contributed by atoms with Gasteiger partial charge in [0.15, 0.2) is 0 Å². The standard InChI is InChI=1S/C18H18ClN3O6S/c1-28-17-14(19)6-7-15(20-17)16(23)12-2-4-13(5-3-12)29(26,27)22-10-8-21(9-11-22)18(24)25/h2-7H,8-11H2,1H3,(H,24,25). The summed E-state index contributed by atoms with van der Waals surface area (Å²) in [5, 5.41) is 9.25. The minimum atomic E-state index is -3.79. The van der Waals surface area contributed by atoms with Crippen molar-refractivity contribution in [2.45, 2.75) is 4.90 Å². The molecule has 11 heteroatoms. The summed E-state index contributed by atoms with van der Waals surface area (Å²) >= 11 is 5.91. The minimum absolute atomic E-state index is 0.0273. The maximum atomic E-state index is 12.8. The largest absolute Gasteiger partial charge is 0.480 e. The molecule has 0 unspecified atom stereocenters. The van der Waals surface area contributed by atoms with Crippen molar-refractivity contribution < 1.29 is 27.9 Å². The smallest absolute Gasteiger partial charge is 0.407 e. The van der Waals surface area contributed by atoms with E-state index in [1.165, 1.54) is 52.7 Å². The fourth-order valence-electron chi connectivity index (χ4n) is 2.89. The molecule has 1 N–H and O–H groups in total. The number of ketones is 1. The Kier molecular flexibility index (Phi) is 6.06. The summed E-state index contributed by atoms with van der Waals surface area (Å²) in [4.78, 5) is 28.8. The summed E-state index contributed by atoms with van der Waals surface area (Å²) in [6.45, 7) is 0.359. The van der Waals surface area contributed by atoms with Gasteiger partial charge in [0.2, 0.25) is 21.7 Å². The van der Waals surface area contributed by atoms with E-state index in [9.17, 15) is 18.0 Å². The van der Waals surface area contributed by atoms with E-state index in [1.54, 1.807) is 0 Å². The second-order valence-corrected chi connectivity index (χ2v) is 8.56. The zero-order valence-corrected chi connectivity index (χ0v) is 17.0. The number of aromatic nitrogens is 1. The van der Waals surface area contributed by atoms with Gasteiger partial charge in [0.25, 0.3) is 0 Å². The highest BCUT2D eigenvalue weighted by molar-refractivity contribution is 7.89. The first-order valence-corrected chi connectivity index (χ1v) is 10.4. The van der Waals surface area contributed by atoms with E-state index in [0.717, 1.165) is 0 Å². The maximum absolute atomic E-state index is 12.8. The van der Waals surface area contributed by atoms with Crippen LogP contribution >= 0.6 is 11.6 Å². The predicted octanol–water partition coefficient (Wildman–Crippen LogP) is 1.96. The highest BCUT2D eigenvalue weighted by atomic mass is 35.5. The molecule has 154 valence electrons. The van der Waals surface area contributed by atoms with Crippen LogP contribution in [0.2, 0.25) is 5.02 Å². The Morgan fingerprint density at radius 2 is 1.69 bits per heavy atom. The van der Waals surface area contributed by atoms with Crippen LogP contribution in [0, 0.1) is 0 Å². The molecule has 1 aromatic heterocycles. The highest BCUT2D eigenvalue weighted by Crippen LogP contribution is 2.23. The first kappa shape index (κ1) is 21.0. The van der Waals surface area contributed by atoms with Gasteiger partial charge in [-0.05, 0) is 36.4 Å². The molecule has 2 heterocycles. The first-order valence-electron chi connectivity index (χ1n) is 8.57. The molecule has 29 heavy (non-hydrogen) atoms. The van der Waals surface area contributed by atoms with E-state index in [-0.39, 0.29) is 53.2 Å². The number of rotatable bonds is 5. The summed E-state index contributed by atoms with van der Waals surface area (Å²) in [5.74, 6) is -0.281. The van der Waals surface area contributed by atoms with Gasteiger partial charge in [0.05, 0.1) is 12.0 Å². The van der Waals surface area contributed by atoms with Crippen LogP contribution in [-0.4, -0.2) is 72.9 Å². The van der Waals surface area contributed by atoms with Gasteiger partial charge >= 0.3 is 6.09 Å². The molecule has 1 aromatic carbocycles. The molecule has 1 amide bonds. The van der Waals surface area contributed by atoms with Crippen molar-refractivity contribution in [3.8, 4) is 5.88 Å². The third kappa shape index (κ3) is 4.34. The number of carboxylic acid groups (broad SMARTS) is 1. The summed E-state index contributed by atoms with van der Waals surface area (Å²) in [5.41, 5.74) is 0.378. The number of amides is 1. The summed E-state index contributed by atoms with van der Waals surface area (Å²) in [6.07, 6.45) is -1.07. The Labute approximate surface area is 172 Å². The third-order valence-electron chi connectivity index (χ3n) is 4.50. The zero-order chi connectivity index (χ0) is 21.2. The van der Waals surface area contributed by atoms with Crippen LogP contribution in [-0.2, 0) is 10.0 Å². The maximum Gasteiger partial charge on any atom is 0.407 e. The molecule has 1 fully saturated rings. The molecule has 1 saturated heterocycles. The fourth-order valence-corrected chi connectivity index (χ4v) is 4.49. The molecule has 3 rings (SSSR count). The van der Waals surface area contributed by atoms with Crippen LogP contribution in [0.4, 0.5) is 4.79 Å². The fraction of sp³-hybridized carbons (Fsp3) is 0.278. The Balaban J connectivity index is 1.77. The second-order valence-electron chi connectivity index (χ2n) is 6.21. The summed E-state index contributed by atoms with van der Waals surface area (Å²) in [6, 6.07) is 8.46. The monoisotopic (exact) mass is 439 g/mol. The van der Waals surface area contributed by atoms with Crippen molar-refractivity contribution in [3.05, 3.63) is 52.7 Å². The van der Waals surface area contributed by atoms with Gasteiger partial charge in [-0.3, -0.25) is 4.79 Å². The normalized spacial score (nSPS) is 15.2. The molecule has 0 radical (unpaired) electrons. The Morgan fingerprint density at radius 3 is 2.24 bits per heavy atom. The summed E-state index contributed by atoms with van der Waals surface area (Å²) in [7, 11) is -2.40. The van der Waals surface area contributed by atoms with E-state index in [1.807, 2.05) is 0 Å². The van der Waals surface area contributed by atoms with Crippen molar-refractivity contribution >= 4 is 33.5 Å². The van der Waals surface area contributed by atoms with Crippen LogP contribution in [0.3, 0.4) is 0 Å². The van der Waals surface area contributed by atoms with Crippen LogP contribution in [0.1, 0.15) is 16.1 Å². The minimum Gasteiger partial charge on any atom is -0.480 e. The number of pyridine rings is 1. The number of piperazine rings is 1. The molecule has 0 bridgehead atoms. The van der Waals surface area contributed by atoms with E-state index in [0.29, 0.717) is 0 Å². The molecule has 0 saturated carbocycles. The molecule has 0 spiro atoms. The number of halogens is 1. The van der Waals surface area contributed by atoms with Crippen molar-refractivity contribution in [2.24, 2.45) is 0 Å². The predicted molar refractivity (Wildman–Crippen MR) is 104 cm³/mol. The SMILES string of the molecule is COc1nc(C(=O)c2ccc(S(=O)(=O)N3CCN(C(=O)O)CC3)cc2)ccc1Cl. The number of sulfonamides is 1. The van der Waals surface area contributed by atoms with Crippen LogP contribution in [0.25, 0.3) is 0 Å². The van der Waals surface area contributed by atoms with Crippen LogP contribution < -0.4 is 4.74 Å². The molecule has 1 aliphatic heterocycles. The number of benzene rings is 1. The first-order chi connectivity index (χ1) is 13.7. The number of hydrogen-bond acceptors (Lipinski definition) is 6. The molecular weight excluding hydrogens is 422 g/mol. The van der Waals surface area contributed by atoms with Crippen LogP contribution in [0.5, 0.6) is 5.88 Å². The van der Waals surface area contributed by atoms with Gasteiger partial charge in [-0.25, -0.2) is 18.2 Å². The highest BCUT2D eigenvalue weighted by Gasteiger charge is 2.30. The molecule has 1 aliphatic rings. The van der Waals surface area contributed by atoms with Crippen molar-refractivity contribution in [1.29, 1.82) is 0 Å². The van der Waals surface area contributed by atoms with Crippen molar-refractivity contribution in [3.63, 3.8) is 0 Å². The van der Waals surface area contributed by atoms with Gasteiger partial charge in [0, 0.05) is 31.7 Å². The van der Waals surface area contributed by atoms with Gasteiger partial charge in [-0.15, -0.1) is 0 Å². The lowest BCUT2D eigenvalue weighted by Crippen LogP contribution is -2.50. The van der Waals surface area contributed by atoms with E-state index in [4.69, 9.17) is 21.4 Å². The number of ether oxygens (including phenoxy) is 1. The average Bonchev–Trinajstić information content (AvgIpc) is 2.73. The van der Waals surface area contributed by atoms with E-state index in [2.05, 4.69) is 4.98 Å². The van der Waals surface area contributed by atoms with Crippen molar-refractivity contribution in [2.75, 3.05) is 33.3 Å². The Bertz CT molecular complexity index is 1030. The zero-order valence-electron chi connectivity index (χ0n) is 15.4. The number of carbonyl (C=O) groups excluding carboxylic acids is 1. The Hall–Kier alpha value is -2.69. The lowest BCUT2D eigenvalue weighted by atomic mass is 10.1. The molecule has 0 aliphatic carbocycles. The summed E-state index contributed by atoms with van der Waals surface area (Å²) < 4.78 is 31.8. The van der Waals surface area contributed by atoms with Crippen LogP contribution in [0.15, 0.2) is 41.3 Å². The number of methoxy groups -OCH3 is 1. The van der Waals surface area contributed by atoms with Gasteiger partial charge in [-0.1, -0.05) is 11.6 Å². The average molecular weight is 440 g/mol. The topological polar surface area (TPSA) is 117 Å². The lowest BCUT2D eigenvalue weighted by Gasteiger charge is -2.32. The van der Waals surface area contributed by atoms with E-state index < -0.39 is 21.9 Å². The number of nitrogens with zero attached hydrogens (tertiary/aromatic N) is 3. The molecule has 2 aromatic rings. The molecule has 0 atom stereocenters.